The summed E-state index contributed by atoms with van der Waals surface area (Å²) in [6.45, 7) is 2.83. The van der Waals surface area contributed by atoms with Crippen LogP contribution in [0.5, 0.6) is 5.75 Å². The molecule has 0 bridgehead atoms. The lowest BCUT2D eigenvalue weighted by Crippen LogP contribution is -2.13. The number of aromatic amines is 1. The fourth-order valence-electron chi connectivity index (χ4n) is 2.87. The molecule has 2 N–H and O–H groups in total. The Morgan fingerprint density at radius 2 is 2.00 bits per heavy atom. The van der Waals surface area contributed by atoms with Crippen molar-refractivity contribution >= 4 is 22.6 Å². The van der Waals surface area contributed by atoms with Gasteiger partial charge in [-0.15, -0.1) is 0 Å². The highest BCUT2D eigenvalue weighted by molar-refractivity contribution is 6.12. The molecule has 7 nitrogen and oxygen atoms in total. The molecule has 156 valence electrons. The zero-order valence-electron chi connectivity index (χ0n) is 16.6. The molecule has 3 aromatic heterocycles. The first-order valence-electron chi connectivity index (χ1n) is 9.24. The Hall–Kier alpha value is -3.75. The second-order valence-corrected chi connectivity index (χ2v) is 6.02. The van der Waals surface area contributed by atoms with Crippen LogP contribution in [0.2, 0.25) is 0 Å². The molecule has 4 aromatic rings. The van der Waals surface area contributed by atoms with Crippen molar-refractivity contribution in [2.24, 2.45) is 0 Å². The monoisotopic (exact) mass is 414 g/mol. The maximum Gasteiger partial charge on any atom is 0.387 e. The van der Waals surface area contributed by atoms with E-state index in [4.69, 9.17) is 4.42 Å². The van der Waals surface area contributed by atoms with Gasteiger partial charge in [-0.3, -0.25) is 14.9 Å². The van der Waals surface area contributed by atoms with Gasteiger partial charge in [-0.2, -0.15) is 13.9 Å². The first-order chi connectivity index (χ1) is 14.5. The van der Waals surface area contributed by atoms with Gasteiger partial charge in [-0.25, -0.2) is 0 Å². The molecule has 30 heavy (non-hydrogen) atoms. The smallest absolute Gasteiger partial charge is 0.387 e. The second-order valence-electron chi connectivity index (χ2n) is 6.02. The van der Waals surface area contributed by atoms with E-state index in [1.54, 1.807) is 24.4 Å². The number of alkyl halides is 2. The molecule has 0 atom stereocenters. The average Bonchev–Trinajstić information content (AvgIpc) is 3.39. The molecule has 1 amide bonds. The highest BCUT2D eigenvalue weighted by Gasteiger charge is 2.19. The van der Waals surface area contributed by atoms with Crippen LogP contribution in [0.4, 0.5) is 14.5 Å². The van der Waals surface area contributed by atoms with Crippen molar-refractivity contribution in [3.63, 3.8) is 0 Å². The number of halogens is 2. The van der Waals surface area contributed by atoms with Gasteiger partial charge in [0.1, 0.15) is 16.9 Å². The number of pyridine rings is 1. The van der Waals surface area contributed by atoms with Crippen LogP contribution in [-0.4, -0.2) is 27.7 Å². The number of furan rings is 1. The number of nitrogens with one attached hydrogen (secondary N) is 2. The van der Waals surface area contributed by atoms with Gasteiger partial charge in [-0.05, 0) is 25.1 Å². The lowest BCUT2D eigenvalue weighted by Gasteiger charge is -2.12. The summed E-state index contributed by atoms with van der Waals surface area (Å²) in [5.41, 5.74) is 2.46. The number of hydrogen-bond acceptors (Lipinski definition) is 5. The minimum atomic E-state index is -2.98. The van der Waals surface area contributed by atoms with E-state index in [2.05, 4.69) is 25.2 Å². The van der Waals surface area contributed by atoms with Crippen LogP contribution in [0.3, 0.4) is 0 Å². The lowest BCUT2D eigenvalue weighted by molar-refractivity contribution is -0.0494. The predicted octanol–water partition coefficient (Wildman–Crippen LogP) is 5.41. The first kappa shape index (κ1) is 21.0. The zero-order valence-corrected chi connectivity index (χ0v) is 16.6. The van der Waals surface area contributed by atoms with Gasteiger partial charge >= 0.3 is 6.61 Å². The van der Waals surface area contributed by atoms with Gasteiger partial charge in [0, 0.05) is 23.3 Å². The number of carbonyl (C=O) groups is 1. The molecule has 0 aliphatic carbocycles. The summed E-state index contributed by atoms with van der Waals surface area (Å²) in [6, 6.07) is 6.45. The maximum atomic E-state index is 12.8. The minimum absolute atomic E-state index is 0.0323. The average molecular weight is 414 g/mol. The van der Waals surface area contributed by atoms with E-state index < -0.39 is 12.5 Å². The van der Waals surface area contributed by atoms with E-state index in [0.717, 1.165) is 5.56 Å². The van der Waals surface area contributed by atoms with Gasteiger partial charge in [0.05, 0.1) is 23.8 Å². The van der Waals surface area contributed by atoms with Crippen LogP contribution in [0.15, 0.2) is 53.5 Å². The molecule has 0 saturated heterocycles. The molecule has 0 saturated carbocycles. The molecule has 0 aliphatic rings. The highest BCUT2D eigenvalue weighted by Crippen LogP contribution is 2.35. The number of hydrogen-bond donors (Lipinski definition) is 2. The third-order valence-electron chi connectivity index (χ3n) is 4.11. The quantitative estimate of drug-likeness (QED) is 0.456. The summed E-state index contributed by atoms with van der Waals surface area (Å²) >= 11 is 0. The van der Waals surface area contributed by atoms with Crippen LogP contribution in [0, 0.1) is 6.92 Å². The Morgan fingerprint density at radius 1 is 1.20 bits per heavy atom. The van der Waals surface area contributed by atoms with Crippen molar-refractivity contribution in [2.45, 2.75) is 27.4 Å². The summed E-state index contributed by atoms with van der Waals surface area (Å²) in [4.78, 5) is 16.8. The number of anilines is 1. The number of ether oxygens (including phenoxy) is 1. The molecule has 0 aliphatic heterocycles. The molecular formula is C21H20F2N4O3. The predicted molar refractivity (Wildman–Crippen MR) is 109 cm³/mol. The van der Waals surface area contributed by atoms with Crippen molar-refractivity contribution in [1.29, 1.82) is 0 Å². The molecule has 0 fully saturated rings. The van der Waals surface area contributed by atoms with Crippen molar-refractivity contribution in [2.75, 3.05) is 5.32 Å². The fraction of sp³-hybridized carbons (Fsp3) is 0.190. The zero-order chi connectivity index (χ0) is 21.7. The molecule has 0 spiro atoms. The van der Waals surface area contributed by atoms with Crippen molar-refractivity contribution in [3.8, 4) is 17.0 Å². The van der Waals surface area contributed by atoms with Crippen LogP contribution in [0.25, 0.3) is 22.2 Å². The Morgan fingerprint density at radius 3 is 2.77 bits per heavy atom. The molecule has 0 unspecified atom stereocenters. The Labute approximate surface area is 171 Å². The first-order valence-corrected chi connectivity index (χ1v) is 9.24. The molecule has 3 heterocycles. The van der Waals surface area contributed by atoms with E-state index in [1.165, 1.54) is 24.7 Å². The number of aryl methyl sites for hydroxylation is 1. The van der Waals surface area contributed by atoms with E-state index in [1.807, 2.05) is 20.8 Å². The molecule has 4 rings (SSSR count). The maximum absolute atomic E-state index is 12.8. The highest BCUT2D eigenvalue weighted by atomic mass is 19.3. The van der Waals surface area contributed by atoms with E-state index in [9.17, 15) is 13.6 Å². The summed E-state index contributed by atoms with van der Waals surface area (Å²) in [5, 5.41) is 10.0. The number of aromatic nitrogens is 3. The third-order valence-corrected chi connectivity index (χ3v) is 4.11. The summed E-state index contributed by atoms with van der Waals surface area (Å²) in [5.74, 6) is -0.505. The lowest BCUT2D eigenvalue weighted by atomic mass is 10.1. The Balaban J connectivity index is 0.00000124. The number of benzene rings is 1. The van der Waals surface area contributed by atoms with Crippen LogP contribution in [0.1, 0.15) is 29.8 Å². The minimum Gasteiger partial charge on any atom is -0.463 e. The number of carbonyl (C=O) groups excluding carboxylic acids is 1. The Bertz CT molecular complexity index is 1150. The number of fused-ring (bicyclic) bond motifs is 1. The van der Waals surface area contributed by atoms with Crippen LogP contribution < -0.4 is 10.1 Å². The van der Waals surface area contributed by atoms with Gasteiger partial charge in [-0.1, -0.05) is 25.5 Å². The normalized spacial score (nSPS) is 10.6. The largest absolute Gasteiger partial charge is 0.463 e. The summed E-state index contributed by atoms with van der Waals surface area (Å²) < 4.78 is 35.5. The number of H-pyrrole nitrogens is 1. The SMILES string of the molecule is CC.Cc1ccc(OC(F)F)c(-c2[nH]ncc2NC(=O)c2cncc3ccoc23)c1. The topological polar surface area (TPSA) is 93.0 Å². The second kappa shape index (κ2) is 9.17. The molecule has 1 aromatic carbocycles. The summed E-state index contributed by atoms with van der Waals surface area (Å²) in [6.07, 6.45) is 5.82. The van der Waals surface area contributed by atoms with Gasteiger partial charge < -0.3 is 14.5 Å². The van der Waals surface area contributed by atoms with Crippen molar-refractivity contribution < 1.29 is 22.7 Å². The van der Waals surface area contributed by atoms with E-state index in [0.29, 0.717) is 27.9 Å². The van der Waals surface area contributed by atoms with Crippen molar-refractivity contribution in [1.82, 2.24) is 15.2 Å². The molecule has 0 radical (unpaired) electrons. The van der Waals surface area contributed by atoms with Gasteiger partial charge in [0.15, 0.2) is 0 Å². The molecular weight excluding hydrogens is 394 g/mol. The number of rotatable bonds is 5. The van der Waals surface area contributed by atoms with E-state index in [-0.39, 0.29) is 11.3 Å². The fourth-order valence-corrected chi connectivity index (χ4v) is 2.87. The van der Waals surface area contributed by atoms with E-state index >= 15 is 0 Å². The molecule has 9 heteroatoms. The van der Waals surface area contributed by atoms with Gasteiger partial charge in [0.2, 0.25) is 0 Å². The Kier molecular flexibility index (Phi) is 6.41. The van der Waals surface area contributed by atoms with Crippen molar-refractivity contribution in [3.05, 3.63) is 60.2 Å². The standard InChI is InChI=1S/C19H14F2N4O3.C2H6/c1-10-2-3-15(28-19(20)21)12(6-10)16-14(9-23-25-16)24-18(26)13-8-22-7-11-4-5-27-17(11)13;1-2/h2-9,19H,1H3,(H,23,25)(H,24,26);1-2H3. The summed E-state index contributed by atoms with van der Waals surface area (Å²) in [7, 11) is 0. The van der Waals surface area contributed by atoms with Gasteiger partial charge in [0.25, 0.3) is 5.91 Å². The van der Waals surface area contributed by atoms with Crippen LogP contribution >= 0.6 is 0 Å². The number of nitrogens with zero attached hydrogens (tertiary/aromatic N) is 2. The van der Waals surface area contributed by atoms with Crippen LogP contribution in [-0.2, 0) is 0 Å². The number of amides is 1. The third kappa shape index (κ3) is 4.29.